The Balaban J connectivity index is 0.00000324. The molecule has 0 amide bonds. The van der Waals surface area contributed by atoms with Gasteiger partial charge in [0.15, 0.2) is 0 Å². The molecule has 0 fully saturated rings. The molecule has 5 nitrogen and oxygen atoms in total. The van der Waals surface area contributed by atoms with Gasteiger partial charge in [-0.1, -0.05) is 30.3 Å². The number of hydrogen-bond donors (Lipinski definition) is 1. The average Bonchev–Trinajstić information content (AvgIpc) is 2.36. The van der Waals surface area contributed by atoms with E-state index in [2.05, 4.69) is 10.1 Å². The molecule has 0 bridgehead atoms. The van der Waals surface area contributed by atoms with Crippen molar-refractivity contribution in [3.05, 3.63) is 47.7 Å². The van der Waals surface area contributed by atoms with Gasteiger partial charge in [0.2, 0.25) is 0 Å². The summed E-state index contributed by atoms with van der Waals surface area (Å²) in [4.78, 5) is 22.1. The molecule has 0 aliphatic carbocycles. The minimum Gasteiger partial charge on any atom is -0.548 e. The van der Waals surface area contributed by atoms with Gasteiger partial charge in [-0.25, -0.2) is 4.79 Å². The van der Waals surface area contributed by atoms with Gasteiger partial charge in [0.25, 0.3) is 0 Å². The van der Waals surface area contributed by atoms with Gasteiger partial charge in [0, 0.05) is 11.8 Å². The average molecular weight is 287 g/mol. The van der Waals surface area contributed by atoms with Gasteiger partial charge in [0.1, 0.15) is 0 Å². The molecule has 0 saturated carbocycles. The van der Waals surface area contributed by atoms with Crippen LogP contribution in [0.1, 0.15) is 18.5 Å². The molecule has 96 valence electrons. The number of methoxy groups -OCH3 is 1. The van der Waals surface area contributed by atoms with Gasteiger partial charge in [-0.2, -0.15) is 0 Å². The summed E-state index contributed by atoms with van der Waals surface area (Å²) < 4.78 is 4.45. The molecule has 19 heavy (non-hydrogen) atoms. The van der Waals surface area contributed by atoms with Crippen molar-refractivity contribution in [1.29, 1.82) is 0 Å². The van der Waals surface area contributed by atoms with E-state index in [1.54, 1.807) is 37.3 Å². The summed E-state index contributed by atoms with van der Waals surface area (Å²) in [6.45, 7) is 1.58. The topological polar surface area (TPSA) is 78.5 Å². The van der Waals surface area contributed by atoms with Crippen LogP contribution >= 0.6 is 0 Å². The van der Waals surface area contributed by atoms with Crippen LogP contribution in [0.2, 0.25) is 0 Å². The summed E-state index contributed by atoms with van der Waals surface area (Å²) >= 11 is 0. The fourth-order valence-electron chi connectivity index (χ4n) is 1.43. The summed E-state index contributed by atoms with van der Waals surface area (Å²) in [6.07, 6.45) is 1.18. The number of hydrogen-bond acceptors (Lipinski definition) is 5. The van der Waals surface area contributed by atoms with Crippen LogP contribution in [0.5, 0.6) is 0 Å². The first-order chi connectivity index (χ1) is 8.54. The number of carboxylic acid groups (broad SMARTS) is 1. The minimum absolute atomic E-state index is 0. The maximum atomic E-state index is 11.1. The maximum absolute atomic E-state index is 11.1. The van der Waals surface area contributed by atoms with E-state index in [1.807, 2.05) is 0 Å². The molecule has 6 heteroatoms. The van der Waals surface area contributed by atoms with Crippen LogP contribution in [0.15, 0.2) is 42.1 Å². The number of aliphatic carboxylic acids is 1. The monoisotopic (exact) mass is 287 g/mol. The normalized spacial score (nSPS) is 12.0. The molecule has 1 unspecified atom stereocenters. The zero-order chi connectivity index (χ0) is 13.5. The van der Waals surface area contributed by atoms with Crippen molar-refractivity contribution < 1.29 is 70.8 Å². The van der Waals surface area contributed by atoms with Gasteiger partial charge >= 0.3 is 57.4 Å². The molecule has 0 radical (unpaired) electrons. The summed E-state index contributed by atoms with van der Waals surface area (Å²) in [5.74, 6) is -1.82. The van der Waals surface area contributed by atoms with Gasteiger partial charge in [-0.3, -0.25) is 0 Å². The second kappa shape index (κ2) is 9.27. The number of nitrogens with one attached hydrogen (secondary N) is 1. The number of benzene rings is 1. The van der Waals surface area contributed by atoms with Crippen molar-refractivity contribution in [2.24, 2.45) is 0 Å². The standard InChI is InChI=1S/C13H15NO4.K/c1-9(8-11(15)18-2)14-12(13(16)17)10-6-4-3-5-7-10;/h3-8,12,14H,1-2H3,(H,16,17);/q;+1/p-1/b9-8+;. The molecular weight excluding hydrogens is 273 g/mol. The molecule has 1 rings (SSSR count). The second-order valence-corrected chi connectivity index (χ2v) is 3.66. The van der Waals surface area contributed by atoms with Crippen molar-refractivity contribution >= 4 is 11.9 Å². The molecule has 0 aromatic heterocycles. The van der Waals surface area contributed by atoms with E-state index < -0.39 is 18.0 Å². The number of esters is 1. The van der Waals surface area contributed by atoms with Gasteiger partial charge in [-0.05, 0) is 12.5 Å². The van der Waals surface area contributed by atoms with E-state index >= 15 is 0 Å². The van der Waals surface area contributed by atoms with Gasteiger partial charge in [-0.15, -0.1) is 0 Å². The van der Waals surface area contributed by atoms with Crippen LogP contribution in [0.3, 0.4) is 0 Å². The Morgan fingerprint density at radius 3 is 2.37 bits per heavy atom. The van der Waals surface area contributed by atoms with E-state index in [4.69, 9.17) is 0 Å². The Morgan fingerprint density at radius 2 is 1.89 bits per heavy atom. The van der Waals surface area contributed by atoms with E-state index in [-0.39, 0.29) is 51.4 Å². The number of allylic oxidation sites excluding steroid dienone is 1. The first-order valence-electron chi connectivity index (χ1n) is 5.33. The quantitative estimate of drug-likeness (QED) is 0.358. The van der Waals surface area contributed by atoms with Crippen molar-refractivity contribution in [3.63, 3.8) is 0 Å². The third-order valence-electron chi connectivity index (χ3n) is 2.28. The third-order valence-corrected chi connectivity index (χ3v) is 2.28. The van der Waals surface area contributed by atoms with Crippen LogP contribution in [-0.2, 0) is 14.3 Å². The Labute approximate surface area is 154 Å². The fourth-order valence-corrected chi connectivity index (χ4v) is 1.43. The molecule has 0 aliphatic rings. The first-order valence-corrected chi connectivity index (χ1v) is 5.33. The molecular formula is C13H14KNO4. The van der Waals surface area contributed by atoms with Crippen LogP contribution < -0.4 is 61.8 Å². The van der Waals surface area contributed by atoms with E-state index in [1.165, 1.54) is 13.2 Å². The molecule has 0 aliphatic heterocycles. The maximum Gasteiger partial charge on any atom is 1.00 e. The molecule has 0 heterocycles. The Bertz CT molecular complexity index is 459. The molecule has 1 N–H and O–H groups in total. The molecule has 1 aromatic carbocycles. The van der Waals surface area contributed by atoms with Crippen LogP contribution in [0.25, 0.3) is 0 Å². The predicted molar refractivity (Wildman–Crippen MR) is 63.1 cm³/mol. The molecule has 1 atom stereocenters. The van der Waals surface area contributed by atoms with E-state index in [0.717, 1.165) is 0 Å². The van der Waals surface area contributed by atoms with E-state index in [0.29, 0.717) is 11.3 Å². The Hall–Kier alpha value is -0.664. The Kier molecular flexibility index (Phi) is 8.95. The van der Waals surface area contributed by atoms with Gasteiger partial charge in [0.05, 0.1) is 19.1 Å². The number of carboxylic acids is 1. The van der Waals surface area contributed by atoms with Crippen molar-refractivity contribution in [1.82, 2.24) is 5.32 Å². The fraction of sp³-hybridized carbons (Fsp3) is 0.231. The number of carbonyl (C=O) groups is 2. The summed E-state index contributed by atoms with van der Waals surface area (Å²) in [5, 5.41) is 13.8. The van der Waals surface area contributed by atoms with Crippen LogP contribution in [-0.4, -0.2) is 19.0 Å². The predicted octanol–water partition coefficient (Wildman–Crippen LogP) is -2.85. The minimum atomic E-state index is -1.26. The van der Waals surface area contributed by atoms with Crippen molar-refractivity contribution in [2.45, 2.75) is 13.0 Å². The van der Waals surface area contributed by atoms with Crippen LogP contribution in [0.4, 0.5) is 0 Å². The van der Waals surface area contributed by atoms with Crippen molar-refractivity contribution in [3.8, 4) is 0 Å². The first kappa shape index (κ1) is 18.3. The second-order valence-electron chi connectivity index (χ2n) is 3.66. The number of rotatable bonds is 5. The zero-order valence-corrected chi connectivity index (χ0v) is 14.3. The van der Waals surface area contributed by atoms with Crippen molar-refractivity contribution in [2.75, 3.05) is 7.11 Å². The largest absolute Gasteiger partial charge is 1.00 e. The Morgan fingerprint density at radius 1 is 1.32 bits per heavy atom. The molecule has 1 aromatic rings. The summed E-state index contributed by atoms with van der Waals surface area (Å²) in [5.41, 5.74) is 0.940. The number of carbonyl (C=O) groups excluding carboxylic acids is 2. The van der Waals surface area contributed by atoms with Gasteiger partial charge < -0.3 is 20.0 Å². The number of ether oxygens (including phenoxy) is 1. The zero-order valence-electron chi connectivity index (χ0n) is 11.2. The van der Waals surface area contributed by atoms with E-state index in [9.17, 15) is 14.7 Å². The SMILES string of the molecule is COC(=O)/C=C(\C)NC(C(=O)[O-])c1ccccc1.[K+]. The molecule has 0 saturated heterocycles. The third kappa shape index (κ3) is 6.35. The summed E-state index contributed by atoms with van der Waals surface area (Å²) in [7, 11) is 1.25. The van der Waals surface area contributed by atoms with Crippen LogP contribution in [0, 0.1) is 0 Å². The summed E-state index contributed by atoms with van der Waals surface area (Å²) in [6, 6.07) is 7.57. The molecule has 0 spiro atoms. The smallest absolute Gasteiger partial charge is 0.548 e.